The number of carbonyl (C=O) groups is 1. The summed E-state index contributed by atoms with van der Waals surface area (Å²) < 4.78 is 5.83. The fraction of sp³-hybridized carbons (Fsp3) is 0.0714. The minimum absolute atomic E-state index is 0.177. The van der Waals surface area contributed by atoms with E-state index in [1.54, 1.807) is 25.3 Å². The number of halogens is 1. The van der Waals surface area contributed by atoms with Gasteiger partial charge in [-0.1, -0.05) is 17.3 Å². The lowest BCUT2D eigenvalue weighted by Crippen LogP contribution is -2.11. The maximum absolute atomic E-state index is 12.1. The van der Waals surface area contributed by atoms with Gasteiger partial charge < -0.3 is 9.84 Å². The first-order valence-electron chi connectivity index (χ1n) is 5.92. The topological polar surface area (TPSA) is 68.0 Å². The highest BCUT2D eigenvalue weighted by Gasteiger charge is 2.13. The van der Waals surface area contributed by atoms with Crippen LogP contribution in [0.25, 0.3) is 10.9 Å². The van der Waals surface area contributed by atoms with Crippen LogP contribution in [-0.2, 0) is 0 Å². The maximum Gasteiger partial charge on any atom is 0.294 e. The third kappa shape index (κ3) is 2.42. The van der Waals surface area contributed by atoms with Gasteiger partial charge in [0.05, 0.1) is 16.9 Å². The van der Waals surface area contributed by atoms with E-state index in [1.807, 2.05) is 18.2 Å². The van der Waals surface area contributed by atoms with Crippen LogP contribution in [0.15, 0.2) is 45.5 Å². The molecule has 2 heterocycles. The van der Waals surface area contributed by atoms with Crippen LogP contribution in [0.3, 0.4) is 0 Å². The lowest BCUT2D eigenvalue weighted by Gasteiger charge is -2.06. The van der Waals surface area contributed by atoms with Gasteiger partial charge >= 0.3 is 0 Å². The van der Waals surface area contributed by atoms with Crippen molar-refractivity contribution in [3.05, 3.63) is 52.5 Å². The van der Waals surface area contributed by atoms with E-state index in [0.717, 1.165) is 15.4 Å². The lowest BCUT2D eigenvalue weighted by atomic mass is 10.2. The molecular formula is C14H10BrN3O2. The number of aryl methyl sites for hydroxylation is 1. The van der Waals surface area contributed by atoms with Crippen molar-refractivity contribution in [1.82, 2.24) is 10.1 Å². The van der Waals surface area contributed by atoms with Crippen molar-refractivity contribution in [2.24, 2.45) is 0 Å². The number of nitrogens with one attached hydrogen (secondary N) is 1. The van der Waals surface area contributed by atoms with E-state index in [1.165, 1.54) is 0 Å². The minimum Gasteiger partial charge on any atom is -0.351 e. The molecule has 20 heavy (non-hydrogen) atoms. The second-order valence-electron chi connectivity index (χ2n) is 4.32. The van der Waals surface area contributed by atoms with Gasteiger partial charge in [-0.25, -0.2) is 0 Å². The Bertz CT molecular complexity index is 798. The molecule has 0 saturated carbocycles. The molecule has 2 aromatic heterocycles. The minimum atomic E-state index is -0.345. The first-order chi connectivity index (χ1) is 9.63. The number of fused-ring (bicyclic) bond motifs is 1. The summed E-state index contributed by atoms with van der Waals surface area (Å²) in [6, 6.07) is 9.12. The smallest absolute Gasteiger partial charge is 0.294 e. The van der Waals surface area contributed by atoms with Gasteiger partial charge in [-0.2, -0.15) is 0 Å². The predicted octanol–water partition coefficient (Wildman–Crippen LogP) is 3.55. The molecule has 100 valence electrons. The summed E-state index contributed by atoms with van der Waals surface area (Å²) in [6.45, 7) is 1.76. The molecule has 1 N–H and O–H groups in total. The quantitative estimate of drug-likeness (QED) is 0.779. The first kappa shape index (κ1) is 12.8. The third-order valence-corrected chi connectivity index (χ3v) is 3.21. The zero-order valence-electron chi connectivity index (χ0n) is 10.6. The first-order valence-corrected chi connectivity index (χ1v) is 6.72. The molecule has 1 amide bonds. The average Bonchev–Trinajstić information content (AvgIpc) is 2.85. The Kier molecular flexibility index (Phi) is 3.23. The summed E-state index contributed by atoms with van der Waals surface area (Å²) in [5.41, 5.74) is 2.02. The van der Waals surface area contributed by atoms with E-state index in [2.05, 4.69) is 31.4 Å². The van der Waals surface area contributed by atoms with Gasteiger partial charge in [-0.05, 0) is 35.0 Å². The van der Waals surface area contributed by atoms with Crippen molar-refractivity contribution >= 4 is 38.4 Å². The van der Waals surface area contributed by atoms with Crippen molar-refractivity contribution in [1.29, 1.82) is 0 Å². The Morgan fingerprint density at radius 2 is 2.20 bits per heavy atom. The molecule has 0 fully saturated rings. The van der Waals surface area contributed by atoms with Crippen LogP contribution < -0.4 is 5.32 Å². The SMILES string of the molecule is Cc1cc(C(=O)Nc2cccc3cc(Br)cnc23)on1. The normalized spacial score (nSPS) is 10.7. The van der Waals surface area contributed by atoms with Crippen molar-refractivity contribution in [3.63, 3.8) is 0 Å². The second kappa shape index (κ2) is 5.05. The fourth-order valence-electron chi connectivity index (χ4n) is 1.89. The number of amides is 1. The van der Waals surface area contributed by atoms with Crippen LogP contribution in [0, 0.1) is 6.92 Å². The van der Waals surface area contributed by atoms with E-state index < -0.39 is 0 Å². The number of carbonyl (C=O) groups excluding carboxylic acids is 1. The molecule has 3 rings (SSSR count). The Morgan fingerprint density at radius 3 is 2.95 bits per heavy atom. The van der Waals surface area contributed by atoms with E-state index in [0.29, 0.717) is 11.4 Å². The van der Waals surface area contributed by atoms with Crippen molar-refractivity contribution < 1.29 is 9.32 Å². The van der Waals surface area contributed by atoms with Crippen molar-refractivity contribution in [2.45, 2.75) is 6.92 Å². The molecule has 3 aromatic rings. The summed E-state index contributed by atoms with van der Waals surface area (Å²) >= 11 is 3.37. The lowest BCUT2D eigenvalue weighted by molar-refractivity contribution is 0.0988. The van der Waals surface area contributed by atoms with Gasteiger partial charge in [0.15, 0.2) is 0 Å². The number of aromatic nitrogens is 2. The zero-order valence-corrected chi connectivity index (χ0v) is 12.1. The van der Waals surface area contributed by atoms with Crippen LogP contribution >= 0.6 is 15.9 Å². The molecule has 0 atom stereocenters. The van der Waals surface area contributed by atoms with E-state index in [-0.39, 0.29) is 11.7 Å². The Labute approximate surface area is 123 Å². The molecule has 1 aromatic carbocycles. The van der Waals surface area contributed by atoms with Crippen molar-refractivity contribution in [3.8, 4) is 0 Å². The van der Waals surface area contributed by atoms with Crippen LogP contribution in [0.2, 0.25) is 0 Å². The standard InChI is InChI=1S/C14H10BrN3O2/c1-8-5-12(20-18-8)14(19)17-11-4-2-3-9-6-10(15)7-16-13(9)11/h2-7H,1H3,(H,17,19). The van der Waals surface area contributed by atoms with Gasteiger partial charge in [0, 0.05) is 22.1 Å². The number of pyridine rings is 1. The number of rotatable bonds is 2. The predicted molar refractivity (Wildman–Crippen MR) is 78.6 cm³/mol. The van der Waals surface area contributed by atoms with Crippen molar-refractivity contribution in [2.75, 3.05) is 5.32 Å². The molecule has 0 aliphatic heterocycles. The summed E-state index contributed by atoms with van der Waals surface area (Å²) in [7, 11) is 0. The average molecular weight is 332 g/mol. The van der Waals surface area contributed by atoms with Crippen LogP contribution in [0.5, 0.6) is 0 Å². The highest BCUT2D eigenvalue weighted by molar-refractivity contribution is 9.10. The number of para-hydroxylation sites is 1. The number of hydrogen-bond donors (Lipinski definition) is 1. The summed E-state index contributed by atoms with van der Waals surface area (Å²) in [6.07, 6.45) is 1.69. The van der Waals surface area contributed by atoms with Gasteiger partial charge in [0.2, 0.25) is 5.76 Å². The molecule has 0 aliphatic carbocycles. The zero-order chi connectivity index (χ0) is 14.1. The maximum atomic E-state index is 12.1. The number of benzene rings is 1. The van der Waals surface area contributed by atoms with E-state index in [4.69, 9.17) is 4.52 Å². The Morgan fingerprint density at radius 1 is 1.35 bits per heavy atom. The number of anilines is 1. The summed E-state index contributed by atoms with van der Waals surface area (Å²) in [5, 5.41) is 7.42. The molecule has 0 spiro atoms. The Hall–Kier alpha value is -2.21. The van der Waals surface area contributed by atoms with Gasteiger partial charge in [-0.3, -0.25) is 9.78 Å². The third-order valence-electron chi connectivity index (χ3n) is 2.78. The second-order valence-corrected chi connectivity index (χ2v) is 5.23. The monoisotopic (exact) mass is 331 g/mol. The molecule has 0 unspecified atom stereocenters. The molecule has 0 aliphatic rings. The van der Waals surface area contributed by atoms with Crippen LogP contribution in [-0.4, -0.2) is 16.0 Å². The highest BCUT2D eigenvalue weighted by Crippen LogP contribution is 2.24. The summed E-state index contributed by atoms with van der Waals surface area (Å²) in [4.78, 5) is 16.4. The van der Waals surface area contributed by atoms with E-state index in [9.17, 15) is 4.79 Å². The molecule has 6 heteroatoms. The fourth-order valence-corrected chi connectivity index (χ4v) is 2.24. The van der Waals surface area contributed by atoms with Gasteiger partial charge in [0.25, 0.3) is 5.91 Å². The van der Waals surface area contributed by atoms with Gasteiger partial charge in [-0.15, -0.1) is 0 Å². The van der Waals surface area contributed by atoms with E-state index >= 15 is 0 Å². The Balaban J connectivity index is 1.97. The molecule has 0 bridgehead atoms. The molecule has 0 saturated heterocycles. The summed E-state index contributed by atoms with van der Waals surface area (Å²) in [5.74, 6) is -0.167. The largest absolute Gasteiger partial charge is 0.351 e. The molecular weight excluding hydrogens is 322 g/mol. The van der Waals surface area contributed by atoms with Gasteiger partial charge in [0.1, 0.15) is 0 Å². The van der Waals surface area contributed by atoms with Crippen LogP contribution in [0.4, 0.5) is 5.69 Å². The number of nitrogens with zero attached hydrogens (tertiary/aromatic N) is 2. The highest BCUT2D eigenvalue weighted by atomic mass is 79.9. The van der Waals surface area contributed by atoms with Crippen LogP contribution in [0.1, 0.15) is 16.2 Å². The molecule has 5 nitrogen and oxygen atoms in total. The number of hydrogen-bond acceptors (Lipinski definition) is 4. The molecule has 0 radical (unpaired) electrons.